The molecular weight excluding hydrogens is 200 g/mol. The number of aryl methyl sites for hydroxylation is 1. The van der Waals surface area contributed by atoms with Crippen LogP contribution in [0.2, 0.25) is 0 Å². The molecule has 0 aliphatic rings. The predicted molar refractivity (Wildman–Crippen MR) is 64.1 cm³/mol. The van der Waals surface area contributed by atoms with Crippen molar-refractivity contribution < 1.29 is 4.74 Å². The van der Waals surface area contributed by atoms with Gasteiger partial charge >= 0.3 is 0 Å². The third-order valence-corrected chi connectivity index (χ3v) is 2.40. The molecular formula is C13H16N2O. The maximum atomic E-state index is 5.46. The molecule has 16 heavy (non-hydrogen) atoms. The molecule has 0 unspecified atom stereocenters. The summed E-state index contributed by atoms with van der Waals surface area (Å²) >= 11 is 0. The Kier molecular flexibility index (Phi) is 3.25. The molecule has 1 heterocycles. The smallest absolute Gasteiger partial charge is 0.121 e. The van der Waals surface area contributed by atoms with Gasteiger partial charge in [-0.3, -0.25) is 0 Å². The van der Waals surface area contributed by atoms with Crippen molar-refractivity contribution in [2.75, 3.05) is 6.61 Å². The molecule has 0 saturated heterocycles. The van der Waals surface area contributed by atoms with Gasteiger partial charge in [-0.25, -0.2) is 4.68 Å². The van der Waals surface area contributed by atoms with E-state index in [9.17, 15) is 0 Å². The molecule has 0 bridgehead atoms. The zero-order valence-corrected chi connectivity index (χ0v) is 9.68. The van der Waals surface area contributed by atoms with E-state index in [1.54, 1.807) is 0 Å². The number of hydrogen-bond donors (Lipinski definition) is 0. The van der Waals surface area contributed by atoms with E-state index in [0.29, 0.717) is 6.61 Å². The van der Waals surface area contributed by atoms with Crippen LogP contribution in [0.5, 0.6) is 5.75 Å². The molecule has 0 fully saturated rings. The van der Waals surface area contributed by atoms with Crippen LogP contribution in [0.25, 0.3) is 5.69 Å². The minimum absolute atomic E-state index is 0.683. The van der Waals surface area contributed by atoms with Crippen molar-refractivity contribution in [3.8, 4) is 11.4 Å². The van der Waals surface area contributed by atoms with E-state index >= 15 is 0 Å². The maximum Gasteiger partial charge on any atom is 0.121 e. The molecule has 0 atom stereocenters. The number of hydrogen-bond acceptors (Lipinski definition) is 2. The third-order valence-electron chi connectivity index (χ3n) is 2.40. The van der Waals surface area contributed by atoms with Gasteiger partial charge in [-0.2, -0.15) is 5.10 Å². The summed E-state index contributed by atoms with van der Waals surface area (Å²) < 4.78 is 7.34. The van der Waals surface area contributed by atoms with Crippen LogP contribution >= 0.6 is 0 Å². The molecule has 0 N–H and O–H groups in total. The quantitative estimate of drug-likeness (QED) is 0.785. The highest BCUT2D eigenvalue weighted by molar-refractivity contribution is 5.38. The molecule has 3 heteroatoms. The van der Waals surface area contributed by atoms with Gasteiger partial charge in [0.15, 0.2) is 0 Å². The van der Waals surface area contributed by atoms with Crippen LogP contribution in [0.3, 0.4) is 0 Å². The topological polar surface area (TPSA) is 27.1 Å². The average Bonchev–Trinajstić information content (AvgIpc) is 2.78. The lowest BCUT2D eigenvalue weighted by atomic mass is 10.3. The van der Waals surface area contributed by atoms with E-state index in [4.69, 9.17) is 4.74 Å². The molecule has 1 aromatic heterocycles. The molecule has 84 valence electrons. The van der Waals surface area contributed by atoms with Crippen molar-refractivity contribution in [3.05, 3.63) is 42.2 Å². The Labute approximate surface area is 95.7 Å². The van der Waals surface area contributed by atoms with Crippen molar-refractivity contribution in [2.45, 2.75) is 20.3 Å². The lowest BCUT2D eigenvalue weighted by Crippen LogP contribution is -1.97. The number of aromatic nitrogens is 2. The van der Waals surface area contributed by atoms with E-state index in [2.05, 4.69) is 12.0 Å². The van der Waals surface area contributed by atoms with E-state index in [-0.39, 0.29) is 0 Å². The minimum Gasteiger partial charge on any atom is -0.494 e. The first-order chi connectivity index (χ1) is 7.83. The first kappa shape index (κ1) is 10.7. The standard InChI is InChI=1S/C13H16N2O/c1-3-11-8-9-15(14-11)12-6-5-7-13(10-12)16-4-2/h5-10H,3-4H2,1-2H3. The second-order valence-electron chi connectivity index (χ2n) is 3.54. The lowest BCUT2D eigenvalue weighted by Gasteiger charge is -2.05. The van der Waals surface area contributed by atoms with Crippen LogP contribution in [-0.4, -0.2) is 16.4 Å². The molecule has 0 spiro atoms. The summed E-state index contributed by atoms with van der Waals surface area (Å²) in [6, 6.07) is 9.99. The first-order valence-corrected chi connectivity index (χ1v) is 5.61. The molecule has 0 radical (unpaired) electrons. The number of benzene rings is 1. The Morgan fingerprint density at radius 3 is 2.81 bits per heavy atom. The summed E-state index contributed by atoms with van der Waals surface area (Å²) in [7, 11) is 0. The van der Waals surface area contributed by atoms with Crippen molar-refractivity contribution >= 4 is 0 Å². The van der Waals surface area contributed by atoms with Gasteiger partial charge in [-0.05, 0) is 31.5 Å². The van der Waals surface area contributed by atoms with Gasteiger partial charge in [0.25, 0.3) is 0 Å². The summed E-state index contributed by atoms with van der Waals surface area (Å²) in [4.78, 5) is 0. The van der Waals surface area contributed by atoms with Crippen LogP contribution in [0, 0.1) is 0 Å². The largest absolute Gasteiger partial charge is 0.494 e. The summed E-state index contributed by atoms with van der Waals surface area (Å²) in [6.45, 7) is 4.77. The van der Waals surface area contributed by atoms with Crippen LogP contribution in [-0.2, 0) is 6.42 Å². The molecule has 3 nitrogen and oxygen atoms in total. The fourth-order valence-corrected chi connectivity index (χ4v) is 1.58. The van der Waals surface area contributed by atoms with Gasteiger partial charge in [0.2, 0.25) is 0 Å². The van der Waals surface area contributed by atoms with Crippen LogP contribution in [0.1, 0.15) is 19.5 Å². The zero-order chi connectivity index (χ0) is 11.4. The molecule has 2 rings (SSSR count). The summed E-state index contributed by atoms with van der Waals surface area (Å²) in [6.07, 6.45) is 2.93. The van der Waals surface area contributed by atoms with E-state index in [1.165, 1.54) is 0 Å². The molecule has 0 saturated carbocycles. The monoisotopic (exact) mass is 216 g/mol. The Balaban J connectivity index is 2.28. The minimum atomic E-state index is 0.683. The molecule has 0 aliphatic heterocycles. The Bertz CT molecular complexity index is 462. The van der Waals surface area contributed by atoms with Crippen molar-refractivity contribution in [3.63, 3.8) is 0 Å². The normalized spacial score (nSPS) is 10.4. The second kappa shape index (κ2) is 4.84. The molecule has 0 aliphatic carbocycles. The highest BCUT2D eigenvalue weighted by Gasteiger charge is 2.01. The Hall–Kier alpha value is -1.77. The maximum absolute atomic E-state index is 5.46. The fourth-order valence-electron chi connectivity index (χ4n) is 1.58. The summed E-state index contributed by atoms with van der Waals surface area (Å²) in [5, 5.41) is 4.46. The number of rotatable bonds is 4. The van der Waals surface area contributed by atoms with Crippen LogP contribution < -0.4 is 4.74 Å². The second-order valence-corrected chi connectivity index (χ2v) is 3.54. The number of ether oxygens (including phenoxy) is 1. The van der Waals surface area contributed by atoms with Crippen molar-refractivity contribution in [2.24, 2.45) is 0 Å². The summed E-state index contributed by atoms with van der Waals surface area (Å²) in [5.74, 6) is 0.883. The molecule has 0 amide bonds. The Morgan fingerprint density at radius 2 is 2.12 bits per heavy atom. The van der Waals surface area contributed by atoms with E-state index < -0.39 is 0 Å². The molecule has 2 aromatic rings. The Morgan fingerprint density at radius 1 is 1.25 bits per heavy atom. The highest BCUT2D eigenvalue weighted by atomic mass is 16.5. The van der Waals surface area contributed by atoms with Gasteiger partial charge in [0.05, 0.1) is 18.0 Å². The van der Waals surface area contributed by atoms with E-state index in [1.807, 2.05) is 48.1 Å². The van der Waals surface area contributed by atoms with Gasteiger partial charge in [0.1, 0.15) is 5.75 Å². The zero-order valence-electron chi connectivity index (χ0n) is 9.68. The van der Waals surface area contributed by atoms with E-state index in [0.717, 1.165) is 23.6 Å². The average molecular weight is 216 g/mol. The predicted octanol–water partition coefficient (Wildman–Crippen LogP) is 2.83. The fraction of sp³-hybridized carbons (Fsp3) is 0.308. The van der Waals surface area contributed by atoms with Crippen LogP contribution in [0.15, 0.2) is 36.5 Å². The first-order valence-electron chi connectivity index (χ1n) is 5.61. The third kappa shape index (κ3) is 2.24. The van der Waals surface area contributed by atoms with Crippen LogP contribution in [0.4, 0.5) is 0 Å². The van der Waals surface area contributed by atoms with Gasteiger partial charge < -0.3 is 4.74 Å². The van der Waals surface area contributed by atoms with Gasteiger partial charge in [0, 0.05) is 12.3 Å². The number of nitrogens with zero attached hydrogens (tertiary/aromatic N) is 2. The highest BCUT2D eigenvalue weighted by Crippen LogP contribution is 2.16. The lowest BCUT2D eigenvalue weighted by molar-refractivity contribution is 0.340. The van der Waals surface area contributed by atoms with Gasteiger partial charge in [-0.15, -0.1) is 0 Å². The van der Waals surface area contributed by atoms with Gasteiger partial charge in [-0.1, -0.05) is 13.0 Å². The van der Waals surface area contributed by atoms with Crippen molar-refractivity contribution in [1.82, 2.24) is 9.78 Å². The SMILES string of the molecule is CCOc1cccc(-n2ccc(CC)n2)c1. The summed E-state index contributed by atoms with van der Waals surface area (Å²) in [5.41, 5.74) is 2.13. The molecule has 1 aromatic carbocycles. The van der Waals surface area contributed by atoms with Crippen molar-refractivity contribution in [1.29, 1.82) is 0 Å².